The molecule has 3 heterocycles. The van der Waals surface area contributed by atoms with Gasteiger partial charge in [0.15, 0.2) is 28.7 Å². The molecule has 0 spiro atoms. The summed E-state index contributed by atoms with van der Waals surface area (Å²) < 4.78 is 7.90. The lowest BCUT2D eigenvalue weighted by Crippen LogP contribution is -2.27. The van der Waals surface area contributed by atoms with Gasteiger partial charge in [0, 0.05) is 12.1 Å². The molecule has 152 valence electrons. The third kappa shape index (κ3) is 3.20. The summed E-state index contributed by atoms with van der Waals surface area (Å²) in [6.07, 6.45) is 1.45. The van der Waals surface area contributed by atoms with Crippen molar-refractivity contribution in [3.05, 3.63) is 70.0 Å². The Labute approximate surface area is 170 Å². The smallest absolute Gasteiger partial charge is 0.330 e. The third-order valence-corrected chi connectivity index (χ3v) is 4.82. The van der Waals surface area contributed by atoms with E-state index in [1.165, 1.54) is 15.4 Å². The van der Waals surface area contributed by atoms with E-state index in [4.69, 9.17) is 10.2 Å². The first-order valence-corrected chi connectivity index (χ1v) is 9.35. The first kappa shape index (κ1) is 19.3. The average Bonchev–Trinajstić information content (AvgIpc) is 3.35. The molecule has 1 aromatic carbocycles. The van der Waals surface area contributed by atoms with Gasteiger partial charge in [0.05, 0.1) is 12.8 Å². The summed E-state index contributed by atoms with van der Waals surface area (Å²) in [6.45, 7) is 3.70. The average molecular weight is 405 g/mol. The molecule has 9 heteroatoms. The zero-order valence-corrected chi connectivity index (χ0v) is 16.5. The van der Waals surface area contributed by atoms with Crippen LogP contribution in [-0.4, -0.2) is 30.8 Å². The molecule has 2 N–H and O–H groups in total. The van der Waals surface area contributed by atoms with Gasteiger partial charge in [-0.25, -0.2) is 14.8 Å². The molecule has 4 rings (SSSR count). The van der Waals surface area contributed by atoms with Gasteiger partial charge < -0.3 is 10.2 Å². The number of rotatable bonds is 6. The number of furan rings is 1. The molecule has 0 radical (unpaired) electrons. The van der Waals surface area contributed by atoms with E-state index in [-0.39, 0.29) is 41.6 Å². The second kappa shape index (κ2) is 7.43. The number of hydrogen-bond donors (Lipinski definition) is 1. The quantitative estimate of drug-likeness (QED) is 0.490. The molecular formula is C21H19N5O4. The Morgan fingerprint density at radius 1 is 1.10 bits per heavy atom. The summed E-state index contributed by atoms with van der Waals surface area (Å²) in [7, 11) is 0. The van der Waals surface area contributed by atoms with Crippen molar-refractivity contribution < 1.29 is 14.0 Å². The zero-order valence-electron chi connectivity index (χ0n) is 16.5. The van der Waals surface area contributed by atoms with E-state index in [1.807, 2.05) is 19.1 Å². The van der Waals surface area contributed by atoms with Gasteiger partial charge in [-0.1, -0.05) is 29.8 Å². The highest BCUT2D eigenvalue weighted by atomic mass is 16.3. The van der Waals surface area contributed by atoms with E-state index in [2.05, 4.69) is 9.97 Å². The van der Waals surface area contributed by atoms with Crippen molar-refractivity contribution >= 4 is 22.9 Å². The second-order valence-electron chi connectivity index (χ2n) is 6.81. The van der Waals surface area contributed by atoms with Crippen molar-refractivity contribution in [2.24, 2.45) is 5.73 Å². The van der Waals surface area contributed by atoms with Gasteiger partial charge >= 0.3 is 5.69 Å². The number of aromatic nitrogens is 4. The van der Waals surface area contributed by atoms with Crippen molar-refractivity contribution in [3.8, 4) is 11.6 Å². The number of imidazole rings is 1. The van der Waals surface area contributed by atoms with Crippen LogP contribution in [0.4, 0.5) is 0 Å². The van der Waals surface area contributed by atoms with Crippen LogP contribution in [-0.2, 0) is 13.1 Å². The molecule has 0 bridgehead atoms. The lowest BCUT2D eigenvalue weighted by Gasteiger charge is -2.06. The molecule has 0 aliphatic carbocycles. The van der Waals surface area contributed by atoms with Crippen LogP contribution in [0.15, 0.2) is 51.9 Å². The Bertz CT molecular complexity index is 1310. The van der Waals surface area contributed by atoms with Crippen LogP contribution in [0.5, 0.6) is 0 Å². The number of nitrogens with zero attached hydrogens (tertiary/aromatic N) is 4. The molecule has 0 unspecified atom stereocenters. The molecule has 0 atom stereocenters. The minimum absolute atomic E-state index is 0.130. The summed E-state index contributed by atoms with van der Waals surface area (Å²) in [5.74, 6) is -0.652. The normalized spacial score (nSPS) is 11.1. The fourth-order valence-electron chi connectivity index (χ4n) is 3.31. The molecule has 0 saturated heterocycles. The first-order valence-electron chi connectivity index (χ1n) is 9.35. The van der Waals surface area contributed by atoms with Crippen molar-refractivity contribution in [1.29, 1.82) is 0 Å². The number of Topliss-reactive ketones (excluding diaryl/α,β-unsaturated/α-hetero) is 1. The molecule has 9 nitrogen and oxygen atoms in total. The van der Waals surface area contributed by atoms with Gasteiger partial charge in [0.2, 0.25) is 0 Å². The maximum absolute atomic E-state index is 13.0. The van der Waals surface area contributed by atoms with Crippen LogP contribution < -0.4 is 11.4 Å². The maximum Gasteiger partial charge on any atom is 0.330 e. The standard InChI is InChI=1S/C21H19N5O4/c1-3-25-20-17(16(18(22)28)23-19(24-20)15-5-4-10-30-15)26(21(25)29)11-14(27)13-8-6-12(2)7-9-13/h4-10H,3,11H2,1-2H3,(H2,22,28). The molecule has 0 aliphatic heterocycles. The Morgan fingerprint density at radius 2 is 1.83 bits per heavy atom. The Balaban J connectivity index is 1.92. The number of fused-ring (bicyclic) bond motifs is 1. The van der Waals surface area contributed by atoms with Crippen LogP contribution in [0.2, 0.25) is 0 Å². The number of carbonyl (C=O) groups is 2. The van der Waals surface area contributed by atoms with E-state index >= 15 is 0 Å². The summed E-state index contributed by atoms with van der Waals surface area (Å²) in [6, 6.07) is 10.3. The zero-order chi connectivity index (χ0) is 21.4. The van der Waals surface area contributed by atoms with E-state index < -0.39 is 11.6 Å². The number of aryl methyl sites for hydroxylation is 2. The van der Waals surface area contributed by atoms with Gasteiger partial charge in [-0.05, 0) is 26.0 Å². The fraction of sp³-hybridized carbons (Fsp3) is 0.190. The van der Waals surface area contributed by atoms with Crippen molar-refractivity contribution in [2.75, 3.05) is 0 Å². The predicted octanol–water partition coefficient (Wildman–Crippen LogP) is 2.16. The van der Waals surface area contributed by atoms with E-state index in [0.29, 0.717) is 11.3 Å². The number of primary amides is 1. The number of hydrogen-bond acceptors (Lipinski definition) is 6. The Morgan fingerprint density at radius 3 is 2.43 bits per heavy atom. The number of benzene rings is 1. The lowest BCUT2D eigenvalue weighted by molar-refractivity contribution is 0.0966. The van der Waals surface area contributed by atoms with Gasteiger partial charge in [-0.2, -0.15) is 0 Å². The van der Waals surface area contributed by atoms with Crippen molar-refractivity contribution in [1.82, 2.24) is 19.1 Å². The monoisotopic (exact) mass is 405 g/mol. The van der Waals surface area contributed by atoms with Crippen LogP contribution in [0.3, 0.4) is 0 Å². The van der Waals surface area contributed by atoms with Crippen LogP contribution >= 0.6 is 0 Å². The fourth-order valence-corrected chi connectivity index (χ4v) is 3.31. The Hall–Kier alpha value is -4.01. The minimum Gasteiger partial charge on any atom is -0.461 e. The minimum atomic E-state index is -0.833. The SMILES string of the molecule is CCn1c(=O)n(CC(=O)c2ccc(C)cc2)c2c(C(N)=O)nc(-c3ccco3)nc21. The lowest BCUT2D eigenvalue weighted by atomic mass is 10.1. The van der Waals surface area contributed by atoms with E-state index in [1.54, 1.807) is 31.2 Å². The number of nitrogens with two attached hydrogens (primary N) is 1. The summed E-state index contributed by atoms with van der Waals surface area (Å²) in [4.78, 5) is 46.7. The van der Waals surface area contributed by atoms with Gasteiger partial charge in [-0.15, -0.1) is 0 Å². The highest BCUT2D eigenvalue weighted by molar-refractivity contribution is 6.03. The molecule has 0 fully saturated rings. The van der Waals surface area contributed by atoms with Gasteiger partial charge in [-0.3, -0.25) is 18.7 Å². The van der Waals surface area contributed by atoms with Crippen LogP contribution in [0.1, 0.15) is 33.3 Å². The van der Waals surface area contributed by atoms with E-state index in [0.717, 1.165) is 5.56 Å². The summed E-state index contributed by atoms with van der Waals surface area (Å²) in [5.41, 5.74) is 6.76. The molecular weight excluding hydrogens is 386 g/mol. The maximum atomic E-state index is 13.0. The summed E-state index contributed by atoms with van der Waals surface area (Å²) >= 11 is 0. The molecule has 0 saturated carbocycles. The molecule has 3 aromatic heterocycles. The molecule has 30 heavy (non-hydrogen) atoms. The number of ketones is 1. The van der Waals surface area contributed by atoms with Crippen molar-refractivity contribution in [3.63, 3.8) is 0 Å². The number of amides is 1. The van der Waals surface area contributed by atoms with Crippen molar-refractivity contribution in [2.45, 2.75) is 26.9 Å². The Kier molecular flexibility index (Phi) is 4.78. The van der Waals surface area contributed by atoms with Crippen LogP contribution in [0, 0.1) is 6.92 Å². The molecule has 1 amide bonds. The molecule has 4 aromatic rings. The third-order valence-electron chi connectivity index (χ3n) is 4.82. The highest BCUT2D eigenvalue weighted by Gasteiger charge is 2.25. The largest absolute Gasteiger partial charge is 0.461 e. The summed E-state index contributed by atoms with van der Waals surface area (Å²) in [5, 5.41) is 0. The second-order valence-corrected chi connectivity index (χ2v) is 6.81. The topological polar surface area (TPSA) is 126 Å². The van der Waals surface area contributed by atoms with E-state index in [9.17, 15) is 14.4 Å². The first-order chi connectivity index (χ1) is 14.4. The van der Waals surface area contributed by atoms with Gasteiger partial charge in [0.1, 0.15) is 5.52 Å². The van der Waals surface area contributed by atoms with Crippen LogP contribution in [0.25, 0.3) is 22.7 Å². The highest BCUT2D eigenvalue weighted by Crippen LogP contribution is 2.22. The molecule has 0 aliphatic rings. The van der Waals surface area contributed by atoms with Gasteiger partial charge in [0.25, 0.3) is 5.91 Å². The number of carbonyl (C=O) groups excluding carboxylic acids is 2. The predicted molar refractivity (Wildman–Crippen MR) is 109 cm³/mol.